The first kappa shape index (κ1) is 19.3. The standard InChI is InChI=1S/C20H22ClN3O3/c1-14-4-2-5-15(10-14)12-23-9-3-6-16(13-23)20(25)22-19-11-17(24(26)27)7-8-18(19)21/h2,4-5,7-8,10-11,16H,3,6,9,12-13H2,1H3,(H,22,25). The van der Waals surface area contributed by atoms with Crippen LogP contribution in [-0.2, 0) is 11.3 Å². The van der Waals surface area contributed by atoms with Crippen molar-refractivity contribution in [1.82, 2.24) is 4.90 Å². The van der Waals surface area contributed by atoms with Crippen LogP contribution in [0.1, 0.15) is 24.0 Å². The molecular formula is C20H22ClN3O3. The van der Waals surface area contributed by atoms with Crippen LogP contribution in [0, 0.1) is 23.0 Å². The molecule has 27 heavy (non-hydrogen) atoms. The van der Waals surface area contributed by atoms with Crippen LogP contribution in [0.3, 0.4) is 0 Å². The highest BCUT2D eigenvalue weighted by Gasteiger charge is 2.26. The van der Waals surface area contributed by atoms with E-state index < -0.39 is 4.92 Å². The van der Waals surface area contributed by atoms with E-state index in [4.69, 9.17) is 11.6 Å². The predicted octanol–water partition coefficient (Wildman–Crippen LogP) is 4.41. The number of piperidine rings is 1. The molecule has 0 saturated carbocycles. The number of anilines is 1. The van der Waals surface area contributed by atoms with E-state index in [0.717, 1.165) is 25.9 Å². The molecular weight excluding hydrogens is 366 g/mol. The number of non-ortho nitro benzene ring substituents is 1. The van der Waals surface area contributed by atoms with Gasteiger partial charge in [-0.3, -0.25) is 19.8 Å². The summed E-state index contributed by atoms with van der Waals surface area (Å²) in [6.07, 6.45) is 1.73. The van der Waals surface area contributed by atoms with Gasteiger partial charge in [0.1, 0.15) is 0 Å². The topological polar surface area (TPSA) is 75.5 Å². The lowest BCUT2D eigenvalue weighted by Crippen LogP contribution is -2.40. The van der Waals surface area contributed by atoms with E-state index in [2.05, 4.69) is 35.3 Å². The van der Waals surface area contributed by atoms with Gasteiger partial charge in [0.15, 0.2) is 0 Å². The van der Waals surface area contributed by atoms with Crippen LogP contribution in [0.4, 0.5) is 11.4 Å². The number of nitrogens with one attached hydrogen (secondary N) is 1. The number of benzene rings is 2. The van der Waals surface area contributed by atoms with Crippen molar-refractivity contribution in [3.05, 3.63) is 68.7 Å². The van der Waals surface area contributed by atoms with Gasteiger partial charge in [-0.15, -0.1) is 0 Å². The summed E-state index contributed by atoms with van der Waals surface area (Å²) in [6, 6.07) is 12.4. The molecule has 6 nitrogen and oxygen atoms in total. The molecule has 0 bridgehead atoms. The molecule has 7 heteroatoms. The Bertz CT molecular complexity index is 856. The van der Waals surface area contributed by atoms with Gasteiger partial charge in [0.25, 0.3) is 5.69 Å². The summed E-state index contributed by atoms with van der Waals surface area (Å²) in [5, 5.41) is 14.0. The highest BCUT2D eigenvalue weighted by Crippen LogP contribution is 2.28. The number of amides is 1. The lowest BCUT2D eigenvalue weighted by atomic mass is 9.96. The number of likely N-dealkylation sites (tertiary alicyclic amines) is 1. The second kappa shape index (κ2) is 8.50. The Balaban J connectivity index is 1.65. The summed E-state index contributed by atoms with van der Waals surface area (Å²) in [7, 11) is 0. The SMILES string of the molecule is Cc1cccc(CN2CCCC(C(=O)Nc3cc([N+](=O)[O-])ccc3Cl)C2)c1. The lowest BCUT2D eigenvalue weighted by molar-refractivity contribution is -0.384. The molecule has 142 valence electrons. The number of hydrogen-bond acceptors (Lipinski definition) is 4. The molecule has 1 fully saturated rings. The summed E-state index contributed by atoms with van der Waals surface area (Å²) in [4.78, 5) is 25.4. The van der Waals surface area contributed by atoms with Crippen LogP contribution < -0.4 is 5.32 Å². The molecule has 1 aliphatic rings. The molecule has 1 saturated heterocycles. The van der Waals surface area contributed by atoms with Crippen molar-refractivity contribution in [2.24, 2.45) is 5.92 Å². The third-order valence-corrected chi connectivity index (χ3v) is 5.11. The number of aryl methyl sites for hydroxylation is 1. The zero-order valence-corrected chi connectivity index (χ0v) is 15.9. The zero-order valence-electron chi connectivity index (χ0n) is 15.2. The molecule has 1 heterocycles. The van der Waals surface area contributed by atoms with E-state index in [1.807, 2.05) is 6.07 Å². The van der Waals surface area contributed by atoms with Crippen molar-refractivity contribution in [3.8, 4) is 0 Å². The maximum absolute atomic E-state index is 12.7. The Kier molecular flexibility index (Phi) is 6.08. The Morgan fingerprint density at radius 2 is 2.15 bits per heavy atom. The molecule has 1 N–H and O–H groups in total. The van der Waals surface area contributed by atoms with Gasteiger partial charge in [0.05, 0.1) is 21.6 Å². The number of carbonyl (C=O) groups excluding carboxylic acids is 1. The fraction of sp³-hybridized carbons (Fsp3) is 0.350. The van der Waals surface area contributed by atoms with E-state index in [0.29, 0.717) is 11.6 Å². The molecule has 3 rings (SSSR count). The number of halogens is 1. The molecule has 2 aromatic carbocycles. The third-order valence-electron chi connectivity index (χ3n) is 4.78. The maximum Gasteiger partial charge on any atom is 0.271 e. The third kappa shape index (κ3) is 5.05. The summed E-state index contributed by atoms with van der Waals surface area (Å²) in [5.41, 5.74) is 2.64. The highest BCUT2D eigenvalue weighted by atomic mass is 35.5. The first-order valence-corrected chi connectivity index (χ1v) is 9.33. The minimum absolute atomic E-state index is 0.0978. The minimum Gasteiger partial charge on any atom is -0.324 e. The van der Waals surface area contributed by atoms with Crippen LogP contribution >= 0.6 is 11.6 Å². The lowest BCUT2D eigenvalue weighted by Gasteiger charge is -2.32. The van der Waals surface area contributed by atoms with Gasteiger partial charge in [-0.2, -0.15) is 0 Å². The number of hydrogen-bond donors (Lipinski definition) is 1. The van der Waals surface area contributed by atoms with Crippen molar-refractivity contribution in [1.29, 1.82) is 0 Å². The molecule has 2 aromatic rings. The fourth-order valence-electron chi connectivity index (χ4n) is 3.44. The first-order valence-electron chi connectivity index (χ1n) is 8.95. The number of nitro benzene ring substituents is 1. The van der Waals surface area contributed by atoms with Gasteiger partial charge >= 0.3 is 0 Å². The summed E-state index contributed by atoms with van der Waals surface area (Å²) in [6.45, 7) is 4.49. The molecule has 1 unspecified atom stereocenters. The van der Waals surface area contributed by atoms with Gasteiger partial charge in [0.2, 0.25) is 5.91 Å². The molecule has 0 spiro atoms. The zero-order chi connectivity index (χ0) is 19.4. The van der Waals surface area contributed by atoms with Crippen LogP contribution in [-0.4, -0.2) is 28.8 Å². The quantitative estimate of drug-likeness (QED) is 0.609. The minimum atomic E-state index is -0.504. The normalized spacial score (nSPS) is 17.5. The maximum atomic E-state index is 12.7. The van der Waals surface area contributed by atoms with Crippen molar-refractivity contribution in [2.45, 2.75) is 26.3 Å². The number of carbonyl (C=O) groups is 1. The molecule has 1 atom stereocenters. The van der Waals surface area contributed by atoms with E-state index in [1.54, 1.807) is 0 Å². The van der Waals surface area contributed by atoms with Crippen LogP contribution in [0.2, 0.25) is 5.02 Å². The Morgan fingerprint density at radius 3 is 2.89 bits per heavy atom. The molecule has 1 amide bonds. The molecule has 0 aromatic heterocycles. The van der Waals surface area contributed by atoms with Crippen LogP contribution in [0.5, 0.6) is 0 Å². The Hall–Kier alpha value is -2.44. The number of rotatable bonds is 5. The highest BCUT2D eigenvalue weighted by molar-refractivity contribution is 6.33. The van der Waals surface area contributed by atoms with Gasteiger partial charge in [-0.05, 0) is 37.9 Å². The molecule has 1 aliphatic heterocycles. The van der Waals surface area contributed by atoms with Gasteiger partial charge in [-0.1, -0.05) is 41.4 Å². The Morgan fingerprint density at radius 1 is 1.33 bits per heavy atom. The number of nitrogens with zero attached hydrogens (tertiary/aromatic N) is 2. The van der Waals surface area contributed by atoms with Crippen LogP contribution in [0.15, 0.2) is 42.5 Å². The van der Waals surface area contributed by atoms with Crippen molar-refractivity contribution in [3.63, 3.8) is 0 Å². The molecule has 0 radical (unpaired) electrons. The first-order chi connectivity index (χ1) is 12.9. The Labute approximate surface area is 163 Å². The average Bonchev–Trinajstić information content (AvgIpc) is 2.63. The van der Waals surface area contributed by atoms with Gasteiger partial charge in [0, 0.05) is 25.2 Å². The van der Waals surface area contributed by atoms with E-state index in [9.17, 15) is 14.9 Å². The summed E-state index contributed by atoms with van der Waals surface area (Å²) in [5.74, 6) is -0.315. The van der Waals surface area contributed by atoms with E-state index >= 15 is 0 Å². The predicted molar refractivity (Wildman–Crippen MR) is 106 cm³/mol. The monoisotopic (exact) mass is 387 g/mol. The van der Waals surface area contributed by atoms with Crippen molar-refractivity contribution < 1.29 is 9.72 Å². The van der Waals surface area contributed by atoms with Crippen molar-refractivity contribution >= 4 is 28.9 Å². The smallest absolute Gasteiger partial charge is 0.271 e. The fourth-order valence-corrected chi connectivity index (χ4v) is 3.60. The van der Waals surface area contributed by atoms with E-state index in [-0.39, 0.29) is 23.2 Å². The average molecular weight is 388 g/mol. The molecule has 0 aliphatic carbocycles. The second-order valence-electron chi connectivity index (χ2n) is 6.97. The summed E-state index contributed by atoms with van der Waals surface area (Å²) >= 11 is 6.09. The van der Waals surface area contributed by atoms with Crippen LogP contribution in [0.25, 0.3) is 0 Å². The summed E-state index contributed by atoms with van der Waals surface area (Å²) < 4.78 is 0. The van der Waals surface area contributed by atoms with E-state index in [1.165, 1.54) is 29.3 Å². The largest absolute Gasteiger partial charge is 0.324 e. The number of nitro groups is 1. The van der Waals surface area contributed by atoms with Crippen molar-refractivity contribution in [2.75, 3.05) is 18.4 Å². The van der Waals surface area contributed by atoms with Gasteiger partial charge < -0.3 is 5.32 Å². The second-order valence-corrected chi connectivity index (χ2v) is 7.38. The van der Waals surface area contributed by atoms with Gasteiger partial charge in [-0.25, -0.2) is 0 Å².